The van der Waals surface area contributed by atoms with Gasteiger partial charge in [0.25, 0.3) is 5.91 Å². The van der Waals surface area contributed by atoms with Crippen LogP contribution in [0.3, 0.4) is 0 Å². The highest BCUT2D eigenvalue weighted by molar-refractivity contribution is 5.94. The van der Waals surface area contributed by atoms with E-state index in [9.17, 15) is 4.79 Å². The number of carbonyl (C=O) groups excluding carboxylic acids is 1. The SMILES string of the molecule is CCCCCCCCCCCCCCCCNC(=O)c1ccc(OCC2CCCO2)cc1. The molecule has 1 aromatic rings. The summed E-state index contributed by atoms with van der Waals surface area (Å²) in [5, 5.41) is 3.04. The Hall–Kier alpha value is -1.55. The number of amides is 1. The Bertz CT molecular complexity index is 581. The molecule has 0 spiro atoms. The molecule has 1 aromatic carbocycles. The maximum Gasteiger partial charge on any atom is 0.251 e. The predicted octanol–water partition coefficient (Wildman–Crippen LogP) is 7.46. The first kappa shape index (κ1) is 26.7. The lowest BCUT2D eigenvalue weighted by atomic mass is 10.0. The van der Waals surface area contributed by atoms with Gasteiger partial charge < -0.3 is 14.8 Å². The fourth-order valence-corrected chi connectivity index (χ4v) is 4.29. The van der Waals surface area contributed by atoms with Crippen LogP contribution >= 0.6 is 0 Å². The normalized spacial score (nSPS) is 15.7. The van der Waals surface area contributed by atoms with Gasteiger partial charge in [0.15, 0.2) is 0 Å². The van der Waals surface area contributed by atoms with E-state index in [1.807, 2.05) is 24.3 Å². The van der Waals surface area contributed by atoms with Gasteiger partial charge in [0.1, 0.15) is 12.4 Å². The summed E-state index contributed by atoms with van der Waals surface area (Å²) in [4.78, 5) is 12.3. The van der Waals surface area contributed by atoms with E-state index >= 15 is 0 Å². The summed E-state index contributed by atoms with van der Waals surface area (Å²) in [6.07, 6.45) is 21.3. The number of hydrogen-bond acceptors (Lipinski definition) is 3. The summed E-state index contributed by atoms with van der Waals surface area (Å²) in [5.74, 6) is 0.800. The molecule has 4 nitrogen and oxygen atoms in total. The van der Waals surface area contributed by atoms with Gasteiger partial charge in [0, 0.05) is 18.7 Å². The average molecular weight is 446 g/mol. The minimum absolute atomic E-state index is 0.00497. The molecule has 2 rings (SSSR count). The minimum Gasteiger partial charge on any atom is -0.491 e. The van der Waals surface area contributed by atoms with Crippen LogP contribution in [-0.2, 0) is 4.74 Å². The second kappa shape index (κ2) is 17.9. The Kier molecular flexibility index (Phi) is 15.0. The molecule has 1 aliphatic rings. The maximum atomic E-state index is 12.3. The predicted molar refractivity (Wildman–Crippen MR) is 134 cm³/mol. The summed E-state index contributed by atoms with van der Waals surface area (Å²) in [7, 11) is 0. The molecule has 1 fully saturated rings. The van der Waals surface area contributed by atoms with Crippen LogP contribution in [0.25, 0.3) is 0 Å². The number of nitrogens with one attached hydrogen (secondary N) is 1. The van der Waals surface area contributed by atoms with Gasteiger partial charge in [-0.3, -0.25) is 4.79 Å². The molecule has 1 atom stereocenters. The van der Waals surface area contributed by atoms with Crippen LogP contribution in [0.5, 0.6) is 5.75 Å². The number of benzene rings is 1. The van der Waals surface area contributed by atoms with E-state index in [0.717, 1.165) is 38.2 Å². The van der Waals surface area contributed by atoms with Crippen LogP contribution in [0, 0.1) is 0 Å². The van der Waals surface area contributed by atoms with E-state index in [-0.39, 0.29) is 12.0 Å². The largest absolute Gasteiger partial charge is 0.491 e. The summed E-state index contributed by atoms with van der Waals surface area (Å²) >= 11 is 0. The van der Waals surface area contributed by atoms with Gasteiger partial charge in [-0.25, -0.2) is 0 Å². The molecule has 1 amide bonds. The molecule has 4 heteroatoms. The minimum atomic E-state index is 0.00497. The van der Waals surface area contributed by atoms with Crippen LogP contribution in [-0.4, -0.2) is 31.8 Å². The quantitative estimate of drug-likeness (QED) is 0.225. The smallest absolute Gasteiger partial charge is 0.251 e. The van der Waals surface area contributed by atoms with Gasteiger partial charge in [0.2, 0.25) is 0 Å². The van der Waals surface area contributed by atoms with Crippen molar-refractivity contribution in [2.24, 2.45) is 0 Å². The van der Waals surface area contributed by atoms with E-state index in [1.54, 1.807) is 0 Å². The molecule has 0 radical (unpaired) electrons. The number of unbranched alkanes of at least 4 members (excludes halogenated alkanes) is 13. The lowest BCUT2D eigenvalue weighted by molar-refractivity contribution is 0.0679. The first-order valence-electron chi connectivity index (χ1n) is 13.4. The fourth-order valence-electron chi connectivity index (χ4n) is 4.29. The van der Waals surface area contributed by atoms with Crippen molar-refractivity contribution < 1.29 is 14.3 Å². The van der Waals surface area contributed by atoms with Crippen LogP contribution in [0.2, 0.25) is 0 Å². The van der Waals surface area contributed by atoms with E-state index < -0.39 is 0 Å². The van der Waals surface area contributed by atoms with Crippen LogP contribution in [0.4, 0.5) is 0 Å². The molecular weight excluding hydrogens is 398 g/mol. The van der Waals surface area contributed by atoms with E-state index in [4.69, 9.17) is 9.47 Å². The van der Waals surface area contributed by atoms with Gasteiger partial charge in [-0.1, -0.05) is 90.4 Å². The Labute approximate surface area is 196 Å². The zero-order valence-corrected chi connectivity index (χ0v) is 20.5. The standard InChI is InChI=1S/C28H47NO3/c1-2-3-4-5-6-7-8-9-10-11-12-13-14-15-22-29-28(30)25-18-20-26(21-19-25)32-24-27-17-16-23-31-27/h18-21,27H,2-17,22-24H2,1H3,(H,29,30). The molecule has 0 bridgehead atoms. The van der Waals surface area contributed by atoms with Crippen molar-refractivity contribution in [2.45, 2.75) is 116 Å². The molecule has 1 N–H and O–H groups in total. The highest BCUT2D eigenvalue weighted by Crippen LogP contribution is 2.17. The Balaban J connectivity index is 1.38. The Morgan fingerprint density at radius 3 is 1.97 bits per heavy atom. The van der Waals surface area contributed by atoms with Crippen molar-refractivity contribution in [3.05, 3.63) is 29.8 Å². The molecule has 1 aliphatic heterocycles. The van der Waals surface area contributed by atoms with Crippen molar-refractivity contribution >= 4 is 5.91 Å². The molecule has 1 saturated heterocycles. The molecule has 32 heavy (non-hydrogen) atoms. The third-order valence-corrected chi connectivity index (χ3v) is 6.39. The molecule has 0 saturated carbocycles. The molecule has 182 valence electrons. The van der Waals surface area contributed by atoms with Crippen LogP contribution in [0.1, 0.15) is 120 Å². The van der Waals surface area contributed by atoms with Crippen LogP contribution in [0.15, 0.2) is 24.3 Å². The van der Waals surface area contributed by atoms with E-state index in [0.29, 0.717) is 12.2 Å². The summed E-state index contributed by atoms with van der Waals surface area (Å²) in [6.45, 7) is 4.46. The van der Waals surface area contributed by atoms with Crippen molar-refractivity contribution in [1.82, 2.24) is 5.32 Å². The Morgan fingerprint density at radius 2 is 1.44 bits per heavy atom. The number of hydrogen-bond donors (Lipinski definition) is 1. The maximum absolute atomic E-state index is 12.3. The number of rotatable bonds is 19. The lowest BCUT2D eigenvalue weighted by Gasteiger charge is -2.11. The first-order valence-corrected chi connectivity index (χ1v) is 13.4. The second-order valence-corrected chi connectivity index (χ2v) is 9.32. The third kappa shape index (κ3) is 12.5. The summed E-state index contributed by atoms with van der Waals surface area (Å²) in [5.41, 5.74) is 0.694. The molecule has 1 unspecified atom stereocenters. The van der Waals surface area contributed by atoms with Crippen molar-refractivity contribution in [3.8, 4) is 5.75 Å². The van der Waals surface area contributed by atoms with Crippen LogP contribution < -0.4 is 10.1 Å². The van der Waals surface area contributed by atoms with Gasteiger partial charge in [-0.2, -0.15) is 0 Å². The van der Waals surface area contributed by atoms with Gasteiger partial charge >= 0.3 is 0 Å². The zero-order valence-electron chi connectivity index (χ0n) is 20.5. The fraction of sp³-hybridized carbons (Fsp3) is 0.750. The third-order valence-electron chi connectivity index (χ3n) is 6.39. The van der Waals surface area contributed by atoms with Gasteiger partial charge in [-0.15, -0.1) is 0 Å². The zero-order chi connectivity index (χ0) is 22.7. The summed E-state index contributed by atoms with van der Waals surface area (Å²) < 4.78 is 11.3. The monoisotopic (exact) mass is 445 g/mol. The lowest BCUT2D eigenvalue weighted by Crippen LogP contribution is -2.24. The van der Waals surface area contributed by atoms with Crippen molar-refractivity contribution in [2.75, 3.05) is 19.8 Å². The molecule has 0 aromatic heterocycles. The highest BCUT2D eigenvalue weighted by Gasteiger charge is 2.16. The number of carbonyl (C=O) groups is 1. The number of ether oxygens (including phenoxy) is 2. The molecular formula is C28H47NO3. The molecule has 0 aliphatic carbocycles. The topological polar surface area (TPSA) is 47.6 Å². The average Bonchev–Trinajstić information content (AvgIpc) is 3.34. The second-order valence-electron chi connectivity index (χ2n) is 9.32. The van der Waals surface area contributed by atoms with Crippen molar-refractivity contribution in [3.63, 3.8) is 0 Å². The highest BCUT2D eigenvalue weighted by atomic mass is 16.5. The molecule has 1 heterocycles. The summed E-state index contributed by atoms with van der Waals surface area (Å²) in [6, 6.07) is 7.42. The van der Waals surface area contributed by atoms with Crippen molar-refractivity contribution in [1.29, 1.82) is 0 Å². The first-order chi connectivity index (χ1) is 15.8. The van der Waals surface area contributed by atoms with Gasteiger partial charge in [0.05, 0.1) is 6.10 Å². The van der Waals surface area contributed by atoms with E-state index in [2.05, 4.69) is 12.2 Å². The van der Waals surface area contributed by atoms with E-state index in [1.165, 1.54) is 83.5 Å². The van der Waals surface area contributed by atoms with Gasteiger partial charge in [-0.05, 0) is 43.5 Å². The Morgan fingerprint density at radius 1 is 0.875 bits per heavy atom.